The van der Waals surface area contributed by atoms with E-state index in [0.29, 0.717) is 18.7 Å². The highest BCUT2D eigenvalue weighted by atomic mass is 19.3. The van der Waals surface area contributed by atoms with Crippen LogP contribution in [0.25, 0.3) is 6.08 Å². The Hall–Kier alpha value is -2.11. The molecule has 1 amide bonds. The maximum atomic E-state index is 12.3. The molecule has 1 aromatic rings. The monoisotopic (exact) mass is 313 g/mol. The Morgan fingerprint density at radius 1 is 1.32 bits per heavy atom. The average Bonchev–Trinajstić information content (AvgIpc) is 2.47. The number of unbranched alkanes of at least 4 members (excludes halogenated alkanes) is 1. The fraction of sp³-hybridized carbons (Fsp3) is 0.438. The topological polar surface area (TPSA) is 47.6 Å². The van der Waals surface area contributed by atoms with Crippen molar-refractivity contribution < 1.29 is 23.0 Å². The van der Waals surface area contributed by atoms with Crippen molar-refractivity contribution in [1.82, 2.24) is 5.32 Å². The van der Waals surface area contributed by atoms with Crippen molar-refractivity contribution in [2.45, 2.75) is 33.3 Å². The molecule has 6 heteroatoms. The van der Waals surface area contributed by atoms with Crippen LogP contribution < -0.4 is 14.8 Å². The molecule has 1 rings (SSSR count). The summed E-state index contributed by atoms with van der Waals surface area (Å²) in [4.78, 5) is 11.6. The quantitative estimate of drug-likeness (QED) is 0.559. The minimum atomic E-state index is -2.91. The number of halogens is 2. The number of nitrogens with one attached hydrogen (secondary N) is 1. The Kier molecular flexibility index (Phi) is 7.96. The van der Waals surface area contributed by atoms with E-state index in [2.05, 4.69) is 10.1 Å². The van der Waals surface area contributed by atoms with Gasteiger partial charge in [0, 0.05) is 12.6 Å². The van der Waals surface area contributed by atoms with E-state index < -0.39 is 6.61 Å². The molecule has 4 nitrogen and oxygen atoms in total. The highest BCUT2D eigenvalue weighted by Gasteiger charge is 2.11. The third-order valence-electron chi connectivity index (χ3n) is 2.74. The molecule has 0 radical (unpaired) electrons. The van der Waals surface area contributed by atoms with Crippen LogP contribution >= 0.6 is 0 Å². The van der Waals surface area contributed by atoms with Crippen LogP contribution in [0.4, 0.5) is 8.78 Å². The van der Waals surface area contributed by atoms with Crippen molar-refractivity contribution in [3.8, 4) is 11.5 Å². The Bertz CT molecular complexity index is 504. The SMILES string of the molecule is CCCCNC(=O)/C=C\c1ccc(OC(F)F)c(OCC)c1. The normalized spacial score (nSPS) is 11.0. The van der Waals surface area contributed by atoms with Crippen LogP contribution in [0.1, 0.15) is 32.3 Å². The van der Waals surface area contributed by atoms with E-state index in [4.69, 9.17) is 4.74 Å². The molecule has 0 aromatic heterocycles. The van der Waals surface area contributed by atoms with Gasteiger partial charge in [-0.25, -0.2) is 0 Å². The summed E-state index contributed by atoms with van der Waals surface area (Å²) in [6.45, 7) is 1.83. The molecule has 0 heterocycles. The summed E-state index contributed by atoms with van der Waals surface area (Å²) < 4.78 is 34.3. The van der Waals surface area contributed by atoms with Gasteiger partial charge in [-0.1, -0.05) is 19.4 Å². The molecule has 0 atom stereocenters. The highest BCUT2D eigenvalue weighted by Crippen LogP contribution is 2.30. The summed E-state index contributed by atoms with van der Waals surface area (Å²) in [6, 6.07) is 4.53. The highest BCUT2D eigenvalue weighted by molar-refractivity contribution is 5.91. The average molecular weight is 313 g/mol. The van der Waals surface area contributed by atoms with Crippen LogP contribution in [0.15, 0.2) is 24.3 Å². The molecule has 0 aliphatic rings. The maximum absolute atomic E-state index is 12.3. The third kappa shape index (κ3) is 6.56. The molecule has 22 heavy (non-hydrogen) atoms. The molecule has 0 bridgehead atoms. The Labute approximate surface area is 129 Å². The minimum absolute atomic E-state index is 0.0265. The van der Waals surface area contributed by atoms with Crippen molar-refractivity contribution in [2.75, 3.05) is 13.2 Å². The van der Waals surface area contributed by atoms with Gasteiger partial charge >= 0.3 is 6.61 Å². The van der Waals surface area contributed by atoms with E-state index >= 15 is 0 Å². The van der Waals surface area contributed by atoms with Crippen LogP contribution in [0.5, 0.6) is 11.5 Å². The van der Waals surface area contributed by atoms with E-state index in [0.717, 1.165) is 12.8 Å². The lowest BCUT2D eigenvalue weighted by Crippen LogP contribution is -2.21. The first-order chi connectivity index (χ1) is 10.6. The zero-order valence-corrected chi connectivity index (χ0v) is 12.8. The predicted molar refractivity (Wildman–Crippen MR) is 81.2 cm³/mol. The minimum Gasteiger partial charge on any atom is -0.490 e. The lowest BCUT2D eigenvalue weighted by atomic mass is 10.2. The summed E-state index contributed by atoms with van der Waals surface area (Å²) in [5, 5.41) is 2.75. The maximum Gasteiger partial charge on any atom is 0.387 e. The second kappa shape index (κ2) is 9.76. The first-order valence-corrected chi connectivity index (χ1v) is 7.24. The number of alkyl halides is 2. The Morgan fingerprint density at radius 2 is 2.09 bits per heavy atom. The number of rotatable bonds is 9. The predicted octanol–water partition coefficient (Wildman–Crippen LogP) is 3.62. The first kappa shape index (κ1) is 17.9. The van der Waals surface area contributed by atoms with E-state index in [1.807, 2.05) is 6.92 Å². The van der Waals surface area contributed by atoms with E-state index in [9.17, 15) is 13.6 Å². The van der Waals surface area contributed by atoms with E-state index in [-0.39, 0.29) is 17.4 Å². The standard InChI is InChI=1S/C16H21F2NO3/c1-3-5-10-19-15(20)9-7-12-6-8-13(22-16(17)18)14(11-12)21-4-2/h6-9,11,16H,3-5,10H2,1-2H3,(H,19,20)/b9-7-. The van der Waals surface area contributed by atoms with Gasteiger partial charge in [-0.3, -0.25) is 4.79 Å². The molecule has 122 valence electrons. The van der Waals surface area contributed by atoms with Gasteiger partial charge in [-0.2, -0.15) is 8.78 Å². The van der Waals surface area contributed by atoms with Gasteiger partial charge in [0.1, 0.15) is 0 Å². The number of hydrogen-bond donors (Lipinski definition) is 1. The molecular formula is C16H21F2NO3. The molecular weight excluding hydrogens is 292 g/mol. The zero-order valence-electron chi connectivity index (χ0n) is 12.8. The molecule has 0 saturated heterocycles. The fourth-order valence-electron chi connectivity index (χ4n) is 1.71. The lowest BCUT2D eigenvalue weighted by molar-refractivity contribution is -0.116. The van der Waals surface area contributed by atoms with Crippen LogP contribution in [-0.2, 0) is 4.79 Å². The summed E-state index contributed by atoms with van der Waals surface area (Å²) in [5.74, 6) is -0.00273. The lowest BCUT2D eigenvalue weighted by Gasteiger charge is -2.11. The molecule has 1 N–H and O–H groups in total. The van der Waals surface area contributed by atoms with Crippen molar-refractivity contribution in [1.29, 1.82) is 0 Å². The third-order valence-corrected chi connectivity index (χ3v) is 2.74. The molecule has 0 unspecified atom stereocenters. The van der Waals surface area contributed by atoms with Crippen molar-refractivity contribution in [2.24, 2.45) is 0 Å². The van der Waals surface area contributed by atoms with Gasteiger partial charge in [0.05, 0.1) is 6.61 Å². The molecule has 0 aliphatic carbocycles. The second-order valence-corrected chi connectivity index (χ2v) is 4.50. The van der Waals surface area contributed by atoms with Gasteiger partial charge in [0.15, 0.2) is 11.5 Å². The molecule has 0 aliphatic heterocycles. The van der Waals surface area contributed by atoms with Gasteiger partial charge in [-0.05, 0) is 37.1 Å². The van der Waals surface area contributed by atoms with Crippen LogP contribution in [0, 0.1) is 0 Å². The molecule has 0 saturated carbocycles. The second-order valence-electron chi connectivity index (χ2n) is 4.50. The number of amides is 1. The molecule has 1 aromatic carbocycles. The Morgan fingerprint density at radius 3 is 2.73 bits per heavy atom. The number of carbonyl (C=O) groups excluding carboxylic acids is 1. The van der Waals surface area contributed by atoms with Gasteiger partial charge in [0.25, 0.3) is 0 Å². The smallest absolute Gasteiger partial charge is 0.387 e. The van der Waals surface area contributed by atoms with Crippen LogP contribution in [0.3, 0.4) is 0 Å². The molecule has 0 fully saturated rings. The summed E-state index contributed by atoms with van der Waals surface area (Å²) in [7, 11) is 0. The number of ether oxygens (including phenoxy) is 2. The van der Waals surface area contributed by atoms with Gasteiger partial charge in [-0.15, -0.1) is 0 Å². The van der Waals surface area contributed by atoms with Crippen molar-refractivity contribution >= 4 is 12.0 Å². The van der Waals surface area contributed by atoms with Crippen molar-refractivity contribution in [3.63, 3.8) is 0 Å². The first-order valence-electron chi connectivity index (χ1n) is 7.24. The number of carbonyl (C=O) groups is 1. The van der Waals surface area contributed by atoms with E-state index in [1.54, 1.807) is 25.1 Å². The summed E-state index contributed by atoms with van der Waals surface area (Å²) in [6.07, 6.45) is 4.92. The summed E-state index contributed by atoms with van der Waals surface area (Å²) in [5.41, 5.74) is 0.663. The molecule has 0 spiro atoms. The van der Waals surface area contributed by atoms with Gasteiger partial charge in [0.2, 0.25) is 5.91 Å². The fourth-order valence-corrected chi connectivity index (χ4v) is 1.71. The van der Waals surface area contributed by atoms with Crippen LogP contribution in [0.2, 0.25) is 0 Å². The largest absolute Gasteiger partial charge is 0.490 e. The van der Waals surface area contributed by atoms with Crippen molar-refractivity contribution in [3.05, 3.63) is 29.8 Å². The summed E-state index contributed by atoms with van der Waals surface area (Å²) >= 11 is 0. The Balaban J connectivity index is 2.74. The number of benzene rings is 1. The van der Waals surface area contributed by atoms with Gasteiger partial charge < -0.3 is 14.8 Å². The zero-order chi connectivity index (χ0) is 16.4. The van der Waals surface area contributed by atoms with E-state index in [1.165, 1.54) is 12.1 Å². The number of hydrogen-bond acceptors (Lipinski definition) is 3. The van der Waals surface area contributed by atoms with Crippen LogP contribution in [-0.4, -0.2) is 25.7 Å².